The molecular weight excluding hydrogens is 300 g/mol. The summed E-state index contributed by atoms with van der Waals surface area (Å²) in [6.07, 6.45) is -8.04. The SMILES string of the molecule is CC1=NC(C(F)(F)F)(C(F)(F)F)N=C(C)N1C1CCCC1. The molecular formula is C12H15F6N3. The van der Waals surface area contributed by atoms with Gasteiger partial charge < -0.3 is 4.90 Å². The third-order valence-corrected chi connectivity index (χ3v) is 3.82. The number of aliphatic imine (C=N–C) groups is 2. The number of halogens is 6. The van der Waals surface area contributed by atoms with Crippen LogP contribution in [0.25, 0.3) is 0 Å². The molecule has 0 spiro atoms. The first-order chi connectivity index (χ1) is 9.49. The second-order valence-electron chi connectivity index (χ2n) is 5.29. The first kappa shape index (κ1) is 16.1. The van der Waals surface area contributed by atoms with Gasteiger partial charge in [0.15, 0.2) is 0 Å². The van der Waals surface area contributed by atoms with Gasteiger partial charge in [-0.1, -0.05) is 12.8 Å². The molecule has 0 aromatic rings. The van der Waals surface area contributed by atoms with Crippen LogP contribution >= 0.6 is 0 Å². The molecule has 0 aromatic carbocycles. The highest BCUT2D eigenvalue weighted by Gasteiger charge is 2.73. The van der Waals surface area contributed by atoms with Crippen LogP contribution in [0.4, 0.5) is 26.3 Å². The molecule has 0 N–H and O–H groups in total. The highest BCUT2D eigenvalue weighted by atomic mass is 19.4. The van der Waals surface area contributed by atoms with Crippen molar-refractivity contribution >= 4 is 11.7 Å². The molecule has 2 rings (SSSR count). The van der Waals surface area contributed by atoms with Crippen molar-refractivity contribution in [3.05, 3.63) is 0 Å². The molecule has 0 amide bonds. The summed E-state index contributed by atoms with van der Waals surface area (Å²) in [6, 6.07) is -0.128. The zero-order chi connectivity index (χ0) is 16.1. The van der Waals surface area contributed by atoms with Gasteiger partial charge in [-0.05, 0) is 26.7 Å². The number of alkyl halides is 6. The summed E-state index contributed by atoms with van der Waals surface area (Å²) in [4.78, 5) is 7.27. The van der Waals surface area contributed by atoms with Crippen molar-refractivity contribution in [3.8, 4) is 0 Å². The van der Waals surface area contributed by atoms with E-state index in [9.17, 15) is 26.3 Å². The minimum absolute atomic E-state index is 0.128. The van der Waals surface area contributed by atoms with Gasteiger partial charge in [-0.2, -0.15) is 26.3 Å². The van der Waals surface area contributed by atoms with Crippen molar-refractivity contribution in [2.75, 3.05) is 0 Å². The smallest absolute Gasteiger partial charge is 0.316 e. The van der Waals surface area contributed by atoms with Gasteiger partial charge in [0, 0.05) is 6.04 Å². The Labute approximate surface area is 117 Å². The van der Waals surface area contributed by atoms with Crippen LogP contribution in [0.5, 0.6) is 0 Å². The highest BCUT2D eigenvalue weighted by Crippen LogP contribution is 2.49. The molecule has 1 fully saturated rings. The van der Waals surface area contributed by atoms with Crippen molar-refractivity contribution in [3.63, 3.8) is 0 Å². The maximum Gasteiger partial charge on any atom is 0.443 e. The molecule has 21 heavy (non-hydrogen) atoms. The van der Waals surface area contributed by atoms with Crippen LogP contribution in [0.1, 0.15) is 39.5 Å². The average molecular weight is 315 g/mol. The lowest BCUT2D eigenvalue weighted by Gasteiger charge is -2.40. The van der Waals surface area contributed by atoms with Gasteiger partial charge in [0.1, 0.15) is 11.7 Å². The Bertz CT molecular complexity index is 434. The molecule has 1 saturated carbocycles. The monoisotopic (exact) mass is 315 g/mol. The van der Waals surface area contributed by atoms with Gasteiger partial charge in [0.2, 0.25) is 0 Å². The van der Waals surface area contributed by atoms with Crippen molar-refractivity contribution in [1.82, 2.24) is 4.90 Å². The van der Waals surface area contributed by atoms with Crippen LogP contribution in [0, 0.1) is 0 Å². The van der Waals surface area contributed by atoms with Gasteiger partial charge in [-0.15, -0.1) is 0 Å². The number of hydrogen-bond donors (Lipinski definition) is 0. The van der Waals surface area contributed by atoms with Crippen molar-refractivity contribution in [2.45, 2.75) is 63.6 Å². The van der Waals surface area contributed by atoms with Crippen LogP contribution in [0.2, 0.25) is 0 Å². The predicted molar refractivity (Wildman–Crippen MR) is 65.2 cm³/mol. The molecule has 1 heterocycles. The predicted octanol–water partition coefficient (Wildman–Crippen LogP) is 3.90. The summed E-state index contributed by atoms with van der Waals surface area (Å²) in [5.41, 5.74) is -4.39. The van der Waals surface area contributed by atoms with Crippen LogP contribution in [0.3, 0.4) is 0 Å². The molecule has 1 aliphatic carbocycles. The van der Waals surface area contributed by atoms with E-state index in [2.05, 4.69) is 9.98 Å². The Balaban J connectivity index is 2.48. The number of rotatable bonds is 1. The maximum atomic E-state index is 13.0. The zero-order valence-corrected chi connectivity index (χ0v) is 11.5. The average Bonchev–Trinajstić information content (AvgIpc) is 2.78. The van der Waals surface area contributed by atoms with Crippen molar-refractivity contribution < 1.29 is 26.3 Å². The van der Waals surface area contributed by atoms with Crippen molar-refractivity contribution in [1.29, 1.82) is 0 Å². The van der Waals surface area contributed by atoms with E-state index >= 15 is 0 Å². The first-order valence-electron chi connectivity index (χ1n) is 6.55. The minimum atomic E-state index is -5.63. The molecule has 0 bridgehead atoms. The molecule has 0 atom stereocenters. The summed E-state index contributed by atoms with van der Waals surface area (Å²) in [5, 5.41) is 0. The second-order valence-corrected chi connectivity index (χ2v) is 5.29. The van der Waals surface area contributed by atoms with Crippen LogP contribution in [-0.4, -0.2) is 40.6 Å². The summed E-state index contributed by atoms with van der Waals surface area (Å²) in [5.74, 6) is -0.576. The lowest BCUT2D eigenvalue weighted by Crippen LogP contribution is -2.59. The summed E-state index contributed by atoms with van der Waals surface area (Å²) in [6.45, 7) is 2.34. The molecule has 0 unspecified atom stereocenters. The quantitative estimate of drug-likeness (QED) is 0.674. The van der Waals surface area contributed by atoms with Crippen LogP contribution in [-0.2, 0) is 0 Å². The molecule has 3 nitrogen and oxygen atoms in total. The second kappa shape index (κ2) is 4.88. The Hall–Kier alpha value is -1.28. The van der Waals surface area contributed by atoms with Crippen LogP contribution < -0.4 is 0 Å². The minimum Gasteiger partial charge on any atom is -0.316 e. The third kappa shape index (κ3) is 2.50. The number of nitrogens with zero attached hydrogens (tertiary/aromatic N) is 3. The van der Waals surface area contributed by atoms with E-state index in [0.29, 0.717) is 12.8 Å². The van der Waals surface area contributed by atoms with E-state index in [0.717, 1.165) is 12.8 Å². The van der Waals surface area contributed by atoms with E-state index < -0.39 is 18.0 Å². The van der Waals surface area contributed by atoms with E-state index in [1.165, 1.54) is 18.7 Å². The Morgan fingerprint density at radius 2 is 1.29 bits per heavy atom. The van der Waals surface area contributed by atoms with E-state index in [-0.39, 0.29) is 17.7 Å². The Kier molecular flexibility index (Phi) is 3.74. The van der Waals surface area contributed by atoms with Gasteiger partial charge >= 0.3 is 18.0 Å². The van der Waals surface area contributed by atoms with Crippen molar-refractivity contribution in [2.24, 2.45) is 9.98 Å². The molecule has 1 aliphatic heterocycles. The summed E-state index contributed by atoms with van der Waals surface area (Å²) >= 11 is 0. The van der Waals surface area contributed by atoms with Gasteiger partial charge in [0.05, 0.1) is 0 Å². The standard InChI is InChI=1S/C12H15F6N3/c1-7-19-10(11(13,14)15,12(16,17)18)20-8(2)21(7)9-5-3-4-6-9/h9H,3-6H2,1-2H3. The zero-order valence-electron chi connectivity index (χ0n) is 11.5. The molecule has 9 heteroatoms. The van der Waals surface area contributed by atoms with E-state index in [1.807, 2.05) is 0 Å². The number of amidine groups is 2. The molecule has 120 valence electrons. The fraction of sp³-hybridized carbons (Fsp3) is 0.833. The molecule has 0 saturated heterocycles. The topological polar surface area (TPSA) is 28.0 Å². The Morgan fingerprint density at radius 1 is 0.905 bits per heavy atom. The Morgan fingerprint density at radius 3 is 1.62 bits per heavy atom. The van der Waals surface area contributed by atoms with E-state index in [1.54, 1.807) is 0 Å². The first-order valence-corrected chi connectivity index (χ1v) is 6.55. The summed E-state index contributed by atoms with van der Waals surface area (Å²) in [7, 11) is 0. The number of hydrogen-bond acceptors (Lipinski definition) is 3. The summed E-state index contributed by atoms with van der Waals surface area (Å²) < 4.78 is 77.9. The normalized spacial score (nSPS) is 24.1. The largest absolute Gasteiger partial charge is 0.443 e. The molecule has 2 aliphatic rings. The molecule has 0 radical (unpaired) electrons. The van der Waals surface area contributed by atoms with Gasteiger partial charge in [-0.25, -0.2) is 9.98 Å². The van der Waals surface area contributed by atoms with E-state index in [4.69, 9.17) is 0 Å². The maximum absolute atomic E-state index is 13.0. The van der Waals surface area contributed by atoms with Gasteiger partial charge in [-0.3, -0.25) is 0 Å². The highest BCUT2D eigenvalue weighted by molar-refractivity contribution is 6.01. The van der Waals surface area contributed by atoms with Crippen LogP contribution in [0.15, 0.2) is 9.98 Å². The lowest BCUT2D eigenvalue weighted by molar-refractivity contribution is -0.293. The fourth-order valence-corrected chi connectivity index (χ4v) is 2.94. The lowest BCUT2D eigenvalue weighted by atomic mass is 10.1. The molecule has 0 aromatic heterocycles. The fourth-order valence-electron chi connectivity index (χ4n) is 2.94. The van der Waals surface area contributed by atoms with Gasteiger partial charge in [0.25, 0.3) is 0 Å². The third-order valence-electron chi connectivity index (χ3n) is 3.82.